The van der Waals surface area contributed by atoms with Gasteiger partial charge in [0.05, 0.1) is 17.8 Å². The van der Waals surface area contributed by atoms with Crippen LogP contribution in [0.15, 0.2) is 11.1 Å². The molecule has 0 aliphatic rings. The minimum absolute atomic E-state index is 0.236. The van der Waals surface area contributed by atoms with E-state index in [2.05, 4.69) is 5.10 Å². The van der Waals surface area contributed by atoms with Crippen LogP contribution in [0.1, 0.15) is 20.3 Å². The van der Waals surface area contributed by atoms with Gasteiger partial charge in [0.2, 0.25) is 4.90 Å². The maximum atomic E-state index is 11.1. The second-order valence-corrected chi connectivity index (χ2v) is 6.28. The minimum Gasteiger partial charge on any atom is -0.358 e. The lowest BCUT2D eigenvalue weighted by atomic mass is 10.1. The minimum atomic E-state index is -4.15. The van der Waals surface area contributed by atoms with Crippen LogP contribution in [-0.4, -0.2) is 23.1 Å². The van der Waals surface area contributed by atoms with Crippen molar-refractivity contribution in [1.82, 2.24) is 9.78 Å². The van der Waals surface area contributed by atoms with Crippen LogP contribution in [0.2, 0.25) is 0 Å². The highest BCUT2D eigenvalue weighted by Crippen LogP contribution is 2.25. The van der Waals surface area contributed by atoms with Crippen molar-refractivity contribution < 1.29 is 13.3 Å². The number of nitrogens with zero attached hydrogens (tertiary/aromatic N) is 3. The summed E-state index contributed by atoms with van der Waals surface area (Å²) in [5, 5.41) is 14.3. The third-order valence-corrected chi connectivity index (χ3v) is 3.65. The topological polar surface area (TPSA) is 95.1 Å². The van der Waals surface area contributed by atoms with Gasteiger partial charge in [-0.3, -0.25) is 0 Å². The molecule has 0 aliphatic carbocycles. The van der Waals surface area contributed by atoms with Crippen LogP contribution in [-0.2, 0) is 15.6 Å². The third kappa shape index (κ3) is 3.40. The molecule has 1 aromatic heterocycles. The van der Waals surface area contributed by atoms with Crippen molar-refractivity contribution in [1.29, 1.82) is 0 Å². The largest absolute Gasteiger partial charge is 0.410 e. The van der Waals surface area contributed by atoms with Gasteiger partial charge in [-0.15, -0.1) is 0 Å². The number of nitro groups is 1. The molecular weight excluding hydrogens is 270 g/mol. The van der Waals surface area contributed by atoms with Crippen LogP contribution >= 0.6 is 10.7 Å². The summed E-state index contributed by atoms with van der Waals surface area (Å²) in [6.45, 7) is 4.30. The highest BCUT2D eigenvalue weighted by molar-refractivity contribution is 8.13. The molecule has 0 saturated carbocycles. The van der Waals surface area contributed by atoms with Crippen LogP contribution in [0.25, 0.3) is 0 Å². The van der Waals surface area contributed by atoms with Crippen molar-refractivity contribution in [2.24, 2.45) is 5.92 Å². The van der Waals surface area contributed by atoms with Gasteiger partial charge in [-0.05, 0) is 10.8 Å². The Bertz CT molecular complexity index is 525. The van der Waals surface area contributed by atoms with Gasteiger partial charge in [-0.1, -0.05) is 20.3 Å². The molecule has 0 bridgehead atoms. The highest BCUT2D eigenvalue weighted by atomic mass is 35.7. The number of hydrogen-bond donors (Lipinski definition) is 0. The summed E-state index contributed by atoms with van der Waals surface area (Å²) >= 11 is 0. The third-order valence-electron chi connectivity index (χ3n) is 2.34. The molecule has 17 heavy (non-hydrogen) atoms. The van der Waals surface area contributed by atoms with Crippen molar-refractivity contribution in [3.8, 4) is 0 Å². The molecule has 0 fully saturated rings. The molecule has 1 heterocycles. The Labute approximate surface area is 103 Å². The predicted octanol–water partition coefficient (Wildman–Crippen LogP) is 1.76. The predicted molar refractivity (Wildman–Crippen MR) is 61.4 cm³/mol. The molecule has 1 unspecified atom stereocenters. The average Bonchev–Trinajstić information content (AvgIpc) is 2.61. The van der Waals surface area contributed by atoms with Crippen LogP contribution in [0.5, 0.6) is 0 Å². The van der Waals surface area contributed by atoms with E-state index < -0.39 is 24.7 Å². The Morgan fingerprint density at radius 1 is 1.65 bits per heavy atom. The second-order valence-electron chi connectivity index (χ2n) is 3.75. The molecule has 1 rings (SSSR count). The lowest BCUT2D eigenvalue weighted by Gasteiger charge is -2.03. The fourth-order valence-electron chi connectivity index (χ4n) is 1.23. The van der Waals surface area contributed by atoms with Crippen LogP contribution in [0.3, 0.4) is 0 Å². The zero-order valence-electron chi connectivity index (χ0n) is 9.33. The van der Waals surface area contributed by atoms with Crippen LogP contribution < -0.4 is 0 Å². The standard InChI is InChI=1S/C8H12ClN3O4S/c1-3-6(2)4-11-5-7(17(9,15)16)8(10-11)12(13)14/h5-6H,3-4H2,1-2H3. The molecule has 7 nitrogen and oxygen atoms in total. The van der Waals surface area contributed by atoms with E-state index in [9.17, 15) is 18.5 Å². The van der Waals surface area contributed by atoms with Crippen molar-refractivity contribution >= 4 is 25.6 Å². The average molecular weight is 282 g/mol. The van der Waals surface area contributed by atoms with Crippen molar-refractivity contribution in [2.75, 3.05) is 0 Å². The fraction of sp³-hybridized carbons (Fsp3) is 0.625. The Morgan fingerprint density at radius 2 is 2.24 bits per heavy atom. The molecular formula is C8H12ClN3O4S. The summed E-state index contributed by atoms with van der Waals surface area (Å²) in [6, 6.07) is 0. The summed E-state index contributed by atoms with van der Waals surface area (Å²) in [4.78, 5) is 9.22. The second kappa shape index (κ2) is 5.01. The number of rotatable bonds is 5. The van der Waals surface area contributed by atoms with Crippen molar-refractivity contribution in [2.45, 2.75) is 31.7 Å². The Hall–Kier alpha value is -1.15. The van der Waals surface area contributed by atoms with E-state index >= 15 is 0 Å². The van der Waals surface area contributed by atoms with Crippen molar-refractivity contribution in [3.05, 3.63) is 16.3 Å². The lowest BCUT2D eigenvalue weighted by molar-refractivity contribution is -0.392. The molecule has 0 amide bonds. The first-order valence-corrected chi connectivity index (χ1v) is 7.23. The lowest BCUT2D eigenvalue weighted by Crippen LogP contribution is -2.07. The van der Waals surface area contributed by atoms with E-state index in [4.69, 9.17) is 10.7 Å². The molecule has 9 heteroatoms. The van der Waals surface area contributed by atoms with E-state index in [0.29, 0.717) is 6.54 Å². The van der Waals surface area contributed by atoms with E-state index in [1.54, 1.807) is 0 Å². The molecule has 0 saturated heterocycles. The summed E-state index contributed by atoms with van der Waals surface area (Å²) in [5.74, 6) is -0.497. The Balaban J connectivity index is 3.18. The summed E-state index contributed by atoms with van der Waals surface area (Å²) < 4.78 is 23.5. The number of halogens is 1. The van der Waals surface area contributed by atoms with Gasteiger partial charge in [-0.25, -0.2) is 8.42 Å². The fourth-order valence-corrected chi connectivity index (χ4v) is 2.14. The van der Waals surface area contributed by atoms with Crippen LogP contribution in [0, 0.1) is 16.0 Å². The van der Waals surface area contributed by atoms with Gasteiger partial charge in [0.15, 0.2) is 0 Å². The number of aromatic nitrogens is 2. The van der Waals surface area contributed by atoms with E-state index in [1.807, 2.05) is 13.8 Å². The van der Waals surface area contributed by atoms with Gasteiger partial charge in [-0.2, -0.15) is 4.68 Å². The van der Waals surface area contributed by atoms with Gasteiger partial charge in [0.1, 0.15) is 0 Å². The SMILES string of the molecule is CCC(C)Cn1cc(S(=O)(=O)Cl)c([N+](=O)[O-])n1. The normalized spacial score (nSPS) is 13.6. The summed E-state index contributed by atoms with van der Waals surface area (Å²) in [6.07, 6.45) is 1.95. The zero-order valence-corrected chi connectivity index (χ0v) is 10.9. The Kier molecular flexibility index (Phi) is 4.10. The molecule has 0 N–H and O–H groups in total. The van der Waals surface area contributed by atoms with Crippen LogP contribution in [0.4, 0.5) is 5.82 Å². The molecule has 1 aromatic rings. The summed E-state index contributed by atoms with van der Waals surface area (Å²) in [7, 11) is 0.953. The summed E-state index contributed by atoms with van der Waals surface area (Å²) in [5.41, 5.74) is 0. The number of hydrogen-bond acceptors (Lipinski definition) is 5. The van der Waals surface area contributed by atoms with Crippen molar-refractivity contribution in [3.63, 3.8) is 0 Å². The highest BCUT2D eigenvalue weighted by Gasteiger charge is 2.30. The first-order chi connectivity index (χ1) is 7.75. The molecule has 1 atom stereocenters. The van der Waals surface area contributed by atoms with Gasteiger partial charge in [0, 0.05) is 10.7 Å². The zero-order chi connectivity index (χ0) is 13.2. The maximum Gasteiger partial charge on any atom is 0.410 e. The maximum absolute atomic E-state index is 11.1. The smallest absolute Gasteiger partial charge is 0.358 e. The monoisotopic (exact) mass is 281 g/mol. The quantitative estimate of drug-likeness (QED) is 0.465. The Morgan fingerprint density at radius 3 is 2.59 bits per heavy atom. The van der Waals surface area contributed by atoms with Gasteiger partial charge < -0.3 is 10.1 Å². The van der Waals surface area contributed by atoms with E-state index in [0.717, 1.165) is 12.6 Å². The van der Waals surface area contributed by atoms with Gasteiger partial charge in [0.25, 0.3) is 9.05 Å². The molecule has 0 radical (unpaired) electrons. The first-order valence-electron chi connectivity index (χ1n) is 4.92. The molecule has 0 aliphatic heterocycles. The van der Waals surface area contributed by atoms with Gasteiger partial charge >= 0.3 is 5.82 Å². The molecule has 0 aromatic carbocycles. The molecule has 0 spiro atoms. The van der Waals surface area contributed by atoms with E-state index in [-0.39, 0.29) is 5.92 Å². The first kappa shape index (κ1) is 13.9. The molecule has 96 valence electrons. The van der Waals surface area contributed by atoms with E-state index in [1.165, 1.54) is 4.68 Å².